The van der Waals surface area contributed by atoms with Gasteiger partial charge in [0.05, 0.1) is 23.5 Å². The molecule has 2 saturated carbocycles. The summed E-state index contributed by atoms with van der Waals surface area (Å²) in [5.74, 6) is 0. The molecule has 0 heterocycles. The van der Waals surface area contributed by atoms with Crippen LogP contribution in [0.4, 0.5) is 0 Å². The molecule has 152 valence electrons. The first kappa shape index (κ1) is 21.6. The highest BCUT2D eigenvalue weighted by atomic mass is 32.2. The zero-order valence-corrected chi connectivity index (χ0v) is 17.3. The van der Waals surface area contributed by atoms with Gasteiger partial charge in [-0.1, -0.05) is 0 Å². The highest BCUT2D eigenvalue weighted by Gasteiger charge is 2.51. The number of rotatable bonds is 14. The number of nitrogens with zero attached hydrogens (tertiary/aromatic N) is 2. The highest BCUT2D eigenvalue weighted by Crippen LogP contribution is 2.46. The predicted molar refractivity (Wildman–Crippen MR) is 104 cm³/mol. The lowest BCUT2D eigenvalue weighted by Gasteiger charge is -2.35. The Balaban J connectivity index is 1.84. The molecule has 2 fully saturated rings. The van der Waals surface area contributed by atoms with E-state index in [1.165, 1.54) is 6.26 Å². The smallest absolute Gasteiger partial charge is 0.154 e. The van der Waals surface area contributed by atoms with Crippen molar-refractivity contribution in [2.45, 2.75) is 56.3 Å². The van der Waals surface area contributed by atoms with Crippen LogP contribution in [0, 0.1) is 5.41 Å². The van der Waals surface area contributed by atoms with Crippen molar-refractivity contribution in [2.24, 2.45) is 10.5 Å². The number of hydrogen-bond donors (Lipinski definition) is 2. The summed E-state index contributed by atoms with van der Waals surface area (Å²) in [6.07, 6.45) is 5.62. The Kier molecular flexibility index (Phi) is 6.75. The van der Waals surface area contributed by atoms with Gasteiger partial charge in [-0.05, 0) is 52.5 Å². The molecule has 8 heteroatoms. The van der Waals surface area contributed by atoms with E-state index in [0.29, 0.717) is 32.8 Å². The van der Waals surface area contributed by atoms with Gasteiger partial charge in [-0.25, -0.2) is 8.42 Å². The topological polar surface area (TPSA) is 91.2 Å². The van der Waals surface area contributed by atoms with Gasteiger partial charge in [0.25, 0.3) is 0 Å². The molecule has 0 bridgehead atoms. The van der Waals surface area contributed by atoms with Crippen molar-refractivity contribution in [3.63, 3.8) is 0 Å². The fourth-order valence-electron chi connectivity index (χ4n) is 3.50. The summed E-state index contributed by atoms with van der Waals surface area (Å²) in [5.41, 5.74) is -0.434. The second-order valence-electron chi connectivity index (χ2n) is 8.39. The maximum absolute atomic E-state index is 11.8. The van der Waals surface area contributed by atoms with Crippen LogP contribution >= 0.6 is 0 Å². The van der Waals surface area contributed by atoms with Crippen molar-refractivity contribution in [3.05, 3.63) is 0 Å². The zero-order valence-electron chi connectivity index (χ0n) is 16.5. The lowest BCUT2D eigenvalue weighted by atomic mass is 10.0. The molecule has 0 aliphatic heterocycles. The Hall–Kier alpha value is -0.700. The van der Waals surface area contributed by atoms with Crippen LogP contribution in [0.25, 0.3) is 0 Å². The average molecular weight is 390 g/mol. The van der Waals surface area contributed by atoms with Crippen LogP contribution in [0.5, 0.6) is 0 Å². The van der Waals surface area contributed by atoms with E-state index in [1.54, 1.807) is 0 Å². The molecule has 0 spiro atoms. The Morgan fingerprint density at radius 1 is 1.35 bits per heavy atom. The molecule has 0 saturated heterocycles. The van der Waals surface area contributed by atoms with E-state index < -0.39 is 20.2 Å². The first-order chi connectivity index (χ1) is 12.1. The third-order valence-electron chi connectivity index (χ3n) is 5.89. The summed E-state index contributed by atoms with van der Waals surface area (Å²) in [6, 6.07) is 0. The Morgan fingerprint density at radius 3 is 2.42 bits per heavy atom. The van der Waals surface area contributed by atoms with E-state index in [2.05, 4.69) is 24.1 Å². The van der Waals surface area contributed by atoms with Gasteiger partial charge in [0.1, 0.15) is 0 Å². The zero-order chi connectivity index (χ0) is 19.5. The summed E-state index contributed by atoms with van der Waals surface area (Å²) >= 11 is 0. The molecule has 0 aromatic rings. The first-order valence-electron chi connectivity index (χ1n) is 9.50. The number of hydrazone groups is 1. The largest absolute Gasteiger partial charge is 0.396 e. The van der Waals surface area contributed by atoms with Crippen LogP contribution in [0.1, 0.15) is 46.0 Å². The number of sulfone groups is 1. The van der Waals surface area contributed by atoms with Crippen molar-refractivity contribution < 1.29 is 18.3 Å². The molecule has 0 aromatic heterocycles. The van der Waals surface area contributed by atoms with Crippen LogP contribution in [-0.4, -0.2) is 81.2 Å². The molecule has 1 unspecified atom stereocenters. The van der Waals surface area contributed by atoms with Gasteiger partial charge in [0.15, 0.2) is 9.84 Å². The number of ether oxygens (including phenoxy) is 1. The molecule has 0 amide bonds. The van der Waals surface area contributed by atoms with Crippen LogP contribution in [0.2, 0.25) is 0 Å². The van der Waals surface area contributed by atoms with Gasteiger partial charge in [0, 0.05) is 38.1 Å². The maximum Gasteiger partial charge on any atom is 0.154 e. The molecule has 7 nitrogen and oxygen atoms in total. The first-order valence-corrected chi connectivity index (χ1v) is 11.4. The molecular weight excluding hydrogens is 354 g/mol. The van der Waals surface area contributed by atoms with Crippen LogP contribution in [0.15, 0.2) is 5.10 Å². The summed E-state index contributed by atoms with van der Waals surface area (Å²) < 4.78 is 29.1. The van der Waals surface area contributed by atoms with E-state index >= 15 is 0 Å². The van der Waals surface area contributed by atoms with E-state index in [4.69, 9.17) is 4.74 Å². The average Bonchev–Trinajstić information content (AvgIpc) is 3.46. The molecule has 26 heavy (non-hydrogen) atoms. The number of nitrogens with one attached hydrogen (secondary N) is 1. The van der Waals surface area contributed by atoms with Crippen LogP contribution in [0.3, 0.4) is 0 Å². The fraction of sp³-hybridized carbons (Fsp3) is 0.944. The second kappa shape index (κ2) is 8.12. The summed E-state index contributed by atoms with van der Waals surface area (Å²) in [6.45, 7) is 11.0. The van der Waals surface area contributed by atoms with Gasteiger partial charge >= 0.3 is 0 Å². The second-order valence-corrected chi connectivity index (χ2v) is 10.8. The molecule has 0 aromatic carbocycles. The molecule has 0 radical (unpaired) electrons. The standard InChI is InChI=1S/C18H35N3O4S/c1-5-25-16(2,13-21(19-3)14-17(15-22)6-7-17)10-11-20-12-18(8-9-18)26(4,23)24/h20,22H,3,5-15H2,1-2,4H3. The summed E-state index contributed by atoms with van der Waals surface area (Å²) in [4.78, 5) is 0. The normalized spacial score (nSPS) is 22.5. The van der Waals surface area contributed by atoms with Crippen molar-refractivity contribution in [1.29, 1.82) is 0 Å². The quantitative estimate of drug-likeness (QED) is 0.262. The Bertz CT molecular complexity index is 587. The van der Waals surface area contributed by atoms with Crippen LogP contribution < -0.4 is 5.32 Å². The third kappa shape index (κ3) is 5.41. The van der Waals surface area contributed by atoms with E-state index in [-0.39, 0.29) is 12.0 Å². The minimum Gasteiger partial charge on any atom is -0.396 e. The molecule has 2 aliphatic rings. The van der Waals surface area contributed by atoms with E-state index in [1.807, 2.05) is 11.9 Å². The molecule has 2 N–H and O–H groups in total. The SMILES string of the molecule is C=NN(CC1(CO)CC1)CC(C)(CCNCC1(S(C)(=O)=O)CC1)OCC. The van der Waals surface area contributed by atoms with Gasteiger partial charge in [-0.15, -0.1) is 0 Å². The van der Waals surface area contributed by atoms with Crippen LogP contribution in [-0.2, 0) is 14.6 Å². The summed E-state index contributed by atoms with van der Waals surface area (Å²) in [5, 5.41) is 18.9. The maximum atomic E-state index is 11.8. The molecular formula is C18H35N3O4S. The third-order valence-corrected chi connectivity index (χ3v) is 8.02. The molecule has 2 rings (SSSR count). The van der Waals surface area contributed by atoms with E-state index in [0.717, 1.165) is 32.1 Å². The van der Waals surface area contributed by atoms with Gasteiger partial charge in [-0.2, -0.15) is 5.10 Å². The fourth-order valence-corrected chi connectivity index (χ4v) is 4.71. The van der Waals surface area contributed by atoms with Gasteiger partial charge < -0.3 is 15.2 Å². The number of aliphatic hydroxyl groups excluding tert-OH is 1. The number of aliphatic hydroxyl groups is 1. The number of hydrogen-bond acceptors (Lipinski definition) is 7. The Labute approximate surface area is 158 Å². The van der Waals surface area contributed by atoms with Crippen molar-refractivity contribution in [3.8, 4) is 0 Å². The molecule has 2 aliphatic carbocycles. The highest BCUT2D eigenvalue weighted by molar-refractivity contribution is 7.92. The minimum atomic E-state index is -3.01. The van der Waals surface area contributed by atoms with Crippen molar-refractivity contribution >= 4 is 16.6 Å². The minimum absolute atomic E-state index is 0.0274. The predicted octanol–water partition coefficient (Wildman–Crippen LogP) is 1.03. The lowest BCUT2D eigenvalue weighted by molar-refractivity contribution is -0.0563. The van der Waals surface area contributed by atoms with Gasteiger partial charge in [-0.3, -0.25) is 5.01 Å². The monoisotopic (exact) mass is 389 g/mol. The van der Waals surface area contributed by atoms with E-state index in [9.17, 15) is 13.5 Å². The lowest BCUT2D eigenvalue weighted by Crippen LogP contribution is -2.45. The van der Waals surface area contributed by atoms with Gasteiger partial charge in [0.2, 0.25) is 0 Å². The Morgan fingerprint density at radius 2 is 2.00 bits per heavy atom. The molecule has 1 atom stereocenters. The van der Waals surface area contributed by atoms with Crippen molar-refractivity contribution in [1.82, 2.24) is 10.3 Å². The van der Waals surface area contributed by atoms with Crippen molar-refractivity contribution in [2.75, 3.05) is 45.6 Å². The summed E-state index contributed by atoms with van der Waals surface area (Å²) in [7, 11) is -3.01.